The molecule has 0 N–H and O–H groups in total. The van der Waals surface area contributed by atoms with Gasteiger partial charge in [-0.2, -0.15) is 0 Å². The highest BCUT2D eigenvalue weighted by Crippen LogP contribution is 2.48. The van der Waals surface area contributed by atoms with Crippen molar-refractivity contribution in [1.82, 2.24) is 4.98 Å². The summed E-state index contributed by atoms with van der Waals surface area (Å²) in [6.45, 7) is 10.0. The molecule has 0 unspecified atom stereocenters. The van der Waals surface area contributed by atoms with E-state index in [2.05, 4.69) is 11.9 Å². The van der Waals surface area contributed by atoms with E-state index in [1.807, 2.05) is 27.7 Å². The van der Waals surface area contributed by atoms with Crippen LogP contribution in [0.3, 0.4) is 0 Å². The first kappa shape index (κ1) is 14.0. The standard InChI is InChI=1S/C15H21BFNO2/c1-13(2)14(3,4)20-16(19-13)12-11(15(5)7-8-15)10(17)6-9-18-12/h6,9H,7-8H2,1-5H3. The third kappa shape index (κ3) is 1.99. The van der Waals surface area contributed by atoms with Crippen molar-refractivity contribution in [3.8, 4) is 0 Å². The monoisotopic (exact) mass is 277 g/mol. The molecule has 1 aromatic heterocycles. The van der Waals surface area contributed by atoms with E-state index < -0.39 is 18.3 Å². The van der Waals surface area contributed by atoms with Gasteiger partial charge in [0.15, 0.2) is 0 Å². The molecule has 5 heteroatoms. The second kappa shape index (κ2) is 4.04. The van der Waals surface area contributed by atoms with Gasteiger partial charge in [0.2, 0.25) is 0 Å². The summed E-state index contributed by atoms with van der Waals surface area (Å²) in [5.41, 5.74) is 0.278. The Morgan fingerprint density at radius 1 is 1.10 bits per heavy atom. The molecule has 1 aromatic rings. The van der Waals surface area contributed by atoms with Crippen molar-refractivity contribution in [3.05, 3.63) is 23.6 Å². The van der Waals surface area contributed by atoms with Gasteiger partial charge in [0, 0.05) is 11.8 Å². The molecule has 1 aliphatic heterocycles. The third-order valence-corrected chi connectivity index (χ3v) is 5.01. The molecule has 3 nitrogen and oxygen atoms in total. The van der Waals surface area contributed by atoms with Crippen LogP contribution in [0.1, 0.15) is 53.0 Å². The lowest BCUT2D eigenvalue weighted by Crippen LogP contribution is -2.41. The summed E-state index contributed by atoms with van der Waals surface area (Å²) in [5.74, 6) is -0.204. The smallest absolute Gasteiger partial charge is 0.398 e. The number of halogens is 1. The van der Waals surface area contributed by atoms with Crippen LogP contribution in [0.15, 0.2) is 12.3 Å². The maximum atomic E-state index is 14.3. The average Bonchev–Trinajstić information content (AvgIpc) is 3.00. The molecule has 1 aliphatic carbocycles. The molecule has 3 rings (SSSR count). The zero-order valence-corrected chi connectivity index (χ0v) is 12.8. The zero-order valence-electron chi connectivity index (χ0n) is 12.8. The quantitative estimate of drug-likeness (QED) is 0.778. The van der Waals surface area contributed by atoms with Gasteiger partial charge in [0.25, 0.3) is 0 Å². The minimum atomic E-state index is -0.594. The summed E-state index contributed by atoms with van der Waals surface area (Å²) in [5, 5.41) is 0. The Morgan fingerprint density at radius 2 is 1.65 bits per heavy atom. The highest BCUT2D eigenvalue weighted by Gasteiger charge is 2.55. The minimum Gasteiger partial charge on any atom is -0.398 e. The number of hydrogen-bond acceptors (Lipinski definition) is 3. The minimum absolute atomic E-state index is 0.114. The van der Waals surface area contributed by atoms with Crippen LogP contribution in [-0.2, 0) is 14.7 Å². The molecule has 2 heterocycles. The first-order valence-electron chi connectivity index (χ1n) is 7.17. The van der Waals surface area contributed by atoms with Crippen molar-refractivity contribution in [2.24, 2.45) is 0 Å². The van der Waals surface area contributed by atoms with Gasteiger partial charge in [0.05, 0.1) is 16.8 Å². The number of hydrogen-bond donors (Lipinski definition) is 0. The van der Waals surface area contributed by atoms with E-state index in [0.29, 0.717) is 11.2 Å². The fourth-order valence-electron chi connectivity index (χ4n) is 2.62. The number of aromatic nitrogens is 1. The molecule has 1 saturated heterocycles. The van der Waals surface area contributed by atoms with Gasteiger partial charge in [-0.05, 0) is 52.0 Å². The average molecular weight is 277 g/mol. The van der Waals surface area contributed by atoms with Crippen molar-refractivity contribution in [1.29, 1.82) is 0 Å². The highest BCUT2D eigenvalue weighted by molar-refractivity contribution is 6.61. The van der Waals surface area contributed by atoms with Gasteiger partial charge in [-0.15, -0.1) is 0 Å². The van der Waals surface area contributed by atoms with Crippen molar-refractivity contribution in [3.63, 3.8) is 0 Å². The van der Waals surface area contributed by atoms with Crippen molar-refractivity contribution >= 4 is 12.7 Å². The Hall–Kier alpha value is -0.935. The lowest BCUT2D eigenvalue weighted by Gasteiger charge is -2.32. The van der Waals surface area contributed by atoms with Crippen LogP contribution in [0.25, 0.3) is 0 Å². The summed E-state index contributed by atoms with van der Waals surface area (Å²) in [6, 6.07) is 1.42. The molecule has 0 atom stereocenters. The van der Waals surface area contributed by atoms with Crippen LogP contribution in [0.2, 0.25) is 0 Å². The third-order valence-electron chi connectivity index (χ3n) is 5.01. The second-order valence-electron chi connectivity index (χ2n) is 7.20. The van der Waals surface area contributed by atoms with E-state index in [4.69, 9.17) is 9.31 Å². The Kier molecular flexibility index (Phi) is 2.84. The number of rotatable bonds is 2. The molecule has 108 valence electrons. The van der Waals surface area contributed by atoms with E-state index in [0.717, 1.165) is 12.8 Å². The Bertz CT molecular complexity index is 539. The lowest BCUT2D eigenvalue weighted by atomic mass is 9.76. The zero-order chi connectivity index (χ0) is 14.8. The summed E-state index contributed by atoms with van der Waals surface area (Å²) < 4.78 is 26.3. The first-order valence-corrected chi connectivity index (χ1v) is 7.17. The van der Waals surface area contributed by atoms with E-state index in [1.165, 1.54) is 12.3 Å². The van der Waals surface area contributed by atoms with E-state index in [9.17, 15) is 4.39 Å². The number of pyridine rings is 1. The predicted octanol–water partition coefficient (Wildman–Crippen LogP) is 2.57. The summed E-state index contributed by atoms with van der Waals surface area (Å²) >= 11 is 0. The molecular weight excluding hydrogens is 256 g/mol. The Morgan fingerprint density at radius 3 is 2.15 bits per heavy atom. The fourth-order valence-corrected chi connectivity index (χ4v) is 2.62. The van der Waals surface area contributed by atoms with Crippen LogP contribution in [0.5, 0.6) is 0 Å². The van der Waals surface area contributed by atoms with Gasteiger partial charge in [-0.3, -0.25) is 4.98 Å². The molecule has 1 saturated carbocycles. The van der Waals surface area contributed by atoms with Crippen LogP contribution in [0, 0.1) is 5.82 Å². The topological polar surface area (TPSA) is 31.4 Å². The SMILES string of the molecule is CC1(c2c(F)ccnc2B2OC(C)(C)C(C)(C)O2)CC1. The van der Waals surface area contributed by atoms with E-state index in [-0.39, 0.29) is 11.2 Å². The summed E-state index contributed by atoms with van der Waals surface area (Å²) in [6.07, 6.45) is 3.47. The van der Waals surface area contributed by atoms with Crippen LogP contribution in [0.4, 0.5) is 4.39 Å². The van der Waals surface area contributed by atoms with Gasteiger partial charge < -0.3 is 9.31 Å². The normalized spacial score (nSPS) is 25.8. The molecule has 2 fully saturated rings. The summed E-state index contributed by atoms with van der Waals surface area (Å²) in [7, 11) is -0.594. The maximum Gasteiger partial charge on any atom is 0.514 e. The molecule has 2 aliphatic rings. The Balaban J connectivity index is 2.03. The van der Waals surface area contributed by atoms with Gasteiger partial charge in [-0.25, -0.2) is 4.39 Å². The highest BCUT2D eigenvalue weighted by atomic mass is 19.1. The van der Waals surface area contributed by atoms with Gasteiger partial charge in [0.1, 0.15) is 5.82 Å². The molecule has 0 radical (unpaired) electrons. The van der Waals surface area contributed by atoms with Crippen molar-refractivity contribution in [2.75, 3.05) is 0 Å². The van der Waals surface area contributed by atoms with Gasteiger partial charge >= 0.3 is 7.12 Å². The van der Waals surface area contributed by atoms with E-state index in [1.54, 1.807) is 0 Å². The molecular formula is C15H21BFNO2. The van der Waals surface area contributed by atoms with Crippen LogP contribution < -0.4 is 5.59 Å². The summed E-state index contributed by atoms with van der Waals surface area (Å²) in [4.78, 5) is 4.37. The maximum absolute atomic E-state index is 14.3. The lowest BCUT2D eigenvalue weighted by molar-refractivity contribution is 0.00578. The molecule has 0 aromatic carbocycles. The largest absolute Gasteiger partial charge is 0.514 e. The van der Waals surface area contributed by atoms with Crippen LogP contribution >= 0.6 is 0 Å². The molecule has 0 amide bonds. The predicted molar refractivity (Wildman–Crippen MR) is 76.5 cm³/mol. The Labute approximate surface area is 120 Å². The second-order valence-corrected chi connectivity index (χ2v) is 7.20. The first-order chi connectivity index (χ1) is 9.16. The van der Waals surface area contributed by atoms with Crippen molar-refractivity contribution in [2.45, 2.75) is 64.1 Å². The fraction of sp³-hybridized carbons (Fsp3) is 0.667. The number of nitrogens with zero attached hydrogens (tertiary/aromatic N) is 1. The van der Waals surface area contributed by atoms with E-state index >= 15 is 0 Å². The molecule has 0 spiro atoms. The van der Waals surface area contributed by atoms with Crippen LogP contribution in [-0.4, -0.2) is 23.3 Å². The molecule has 0 bridgehead atoms. The molecule has 20 heavy (non-hydrogen) atoms. The van der Waals surface area contributed by atoms with Crippen molar-refractivity contribution < 1.29 is 13.7 Å². The van der Waals surface area contributed by atoms with Gasteiger partial charge in [-0.1, -0.05) is 6.92 Å².